The van der Waals surface area contributed by atoms with Gasteiger partial charge in [-0.2, -0.15) is 5.26 Å². The first-order valence-corrected chi connectivity index (χ1v) is 8.01. The molecular formula is C13H18N3O3S+. The summed E-state index contributed by atoms with van der Waals surface area (Å²) in [6, 6.07) is 7.86. The maximum Gasteiger partial charge on any atom is 0.240 e. The van der Waals surface area contributed by atoms with Crippen LogP contribution in [0.1, 0.15) is 5.56 Å². The van der Waals surface area contributed by atoms with Crippen LogP contribution in [0.4, 0.5) is 0 Å². The molecule has 108 valence electrons. The van der Waals surface area contributed by atoms with Gasteiger partial charge in [0, 0.05) is 0 Å². The summed E-state index contributed by atoms with van der Waals surface area (Å²) < 4.78 is 31.9. The number of hydrogen-bond donors (Lipinski definition) is 2. The van der Waals surface area contributed by atoms with E-state index in [2.05, 4.69) is 4.72 Å². The third-order valence-corrected chi connectivity index (χ3v) is 4.74. The van der Waals surface area contributed by atoms with Crippen molar-refractivity contribution in [2.24, 2.45) is 0 Å². The molecule has 1 aliphatic heterocycles. The highest BCUT2D eigenvalue weighted by Crippen LogP contribution is 2.09. The van der Waals surface area contributed by atoms with Crippen LogP contribution in [-0.4, -0.2) is 47.8 Å². The predicted molar refractivity (Wildman–Crippen MR) is 72.7 cm³/mol. The lowest BCUT2D eigenvalue weighted by atomic mass is 10.2. The Labute approximate surface area is 119 Å². The molecule has 0 aromatic heterocycles. The zero-order valence-corrected chi connectivity index (χ0v) is 11.9. The number of nitrogens with one attached hydrogen (secondary N) is 2. The van der Waals surface area contributed by atoms with Crippen LogP contribution in [0.15, 0.2) is 29.2 Å². The number of hydrogen-bond acceptors (Lipinski definition) is 4. The Morgan fingerprint density at radius 3 is 2.50 bits per heavy atom. The highest BCUT2D eigenvalue weighted by molar-refractivity contribution is 7.89. The van der Waals surface area contributed by atoms with Gasteiger partial charge in [-0.15, -0.1) is 0 Å². The molecule has 1 aromatic carbocycles. The van der Waals surface area contributed by atoms with E-state index in [4.69, 9.17) is 10.00 Å². The zero-order chi connectivity index (χ0) is 14.4. The van der Waals surface area contributed by atoms with E-state index in [1.807, 2.05) is 6.07 Å². The average Bonchev–Trinajstić information content (AvgIpc) is 2.48. The van der Waals surface area contributed by atoms with Crippen molar-refractivity contribution in [1.82, 2.24) is 4.72 Å². The molecule has 1 aromatic rings. The minimum Gasteiger partial charge on any atom is -0.370 e. The Hall–Kier alpha value is -1.46. The van der Waals surface area contributed by atoms with Gasteiger partial charge >= 0.3 is 0 Å². The molecule has 0 amide bonds. The summed E-state index contributed by atoms with van der Waals surface area (Å²) in [7, 11) is -3.49. The van der Waals surface area contributed by atoms with E-state index in [0.29, 0.717) is 12.1 Å². The predicted octanol–water partition coefficient (Wildman–Crippen LogP) is -1.25. The zero-order valence-electron chi connectivity index (χ0n) is 11.1. The summed E-state index contributed by atoms with van der Waals surface area (Å²) in [5.41, 5.74) is 0.446. The van der Waals surface area contributed by atoms with Gasteiger partial charge in [-0.25, -0.2) is 13.1 Å². The second kappa shape index (κ2) is 6.81. The maximum atomic E-state index is 12.0. The van der Waals surface area contributed by atoms with Gasteiger partial charge in [0.15, 0.2) is 0 Å². The number of quaternary nitrogens is 1. The van der Waals surface area contributed by atoms with Crippen molar-refractivity contribution < 1.29 is 18.1 Å². The molecule has 2 N–H and O–H groups in total. The van der Waals surface area contributed by atoms with Gasteiger partial charge in [-0.3, -0.25) is 0 Å². The second-order valence-corrected chi connectivity index (χ2v) is 6.41. The Kier molecular flexibility index (Phi) is 5.09. The highest BCUT2D eigenvalue weighted by atomic mass is 32.2. The molecule has 6 nitrogen and oxygen atoms in total. The number of ether oxygens (including phenoxy) is 1. The van der Waals surface area contributed by atoms with Crippen molar-refractivity contribution >= 4 is 10.0 Å². The molecule has 20 heavy (non-hydrogen) atoms. The normalized spacial score (nSPS) is 16.8. The number of rotatable bonds is 5. The average molecular weight is 296 g/mol. The molecule has 0 bridgehead atoms. The minimum absolute atomic E-state index is 0.188. The monoisotopic (exact) mass is 296 g/mol. The van der Waals surface area contributed by atoms with Gasteiger partial charge in [-0.05, 0) is 24.3 Å². The molecule has 1 aliphatic rings. The number of benzene rings is 1. The molecule has 2 rings (SSSR count). The van der Waals surface area contributed by atoms with Gasteiger partial charge in [0.1, 0.15) is 13.1 Å². The fourth-order valence-electron chi connectivity index (χ4n) is 2.06. The molecular weight excluding hydrogens is 278 g/mol. The van der Waals surface area contributed by atoms with Crippen LogP contribution in [0.25, 0.3) is 0 Å². The van der Waals surface area contributed by atoms with E-state index in [0.717, 1.165) is 32.8 Å². The fraction of sp³-hybridized carbons (Fsp3) is 0.462. The smallest absolute Gasteiger partial charge is 0.240 e. The van der Waals surface area contributed by atoms with Gasteiger partial charge in [0.05, 0.1) is 42.8 Å². The van der Waals surface area contributed by atoms with Crippen molar-refractivity contribution in [2.45, 2.75) is 4.90 Å². The molecule has 7 heteroatoms. The van der Waals surface area contributed by atoms with Gasteiger partial charge < -0.3 is 9.64 Å². The lowest BCUT2D eigenvalue weighted by molar-refractivity contribution is -0.906. The first kappa shape index (κ1) is 14.9. The largest absolute Gasteiger partial charge is 0.370 e. The van der Waals surface area contributed by atoms with Crippen molar-refractivity contribution in [2.75, 3.05) is 39.4 Å². The van der Waals surface area contributed by atoms with Gasteiger partial charge in [0.25, 0.3) is 0 Å². The van der Waals surface area contributed by atoms with Crippen LogP contribution in [-0.2, 0) is 14.8 Å². The van der Waals surface area contributed by atoms with Gasteiger partial charge in [0.2, 0.25) is 10.0 Å². The Balaban J connectivity index is 1.88. The van der Waals surface area contributed by atoms with Crippen molar-refractivity contribution in [1.29, 1.82) is 5.26 Å². The van der Waals surface area contributed by atoms with E-state index in [1.165, 1.54) is 29.2 Å². The molecule has 0 spiro atoms. The van der Waals surface area contributed by atoms with Gasteiger partial charge in [-0.1, -0.05) is 0 Å². The first-order valence-electron chi connectivity index (χ1n) is 6.53. The lowest BCUT2D eigenvalue weighted by Gasteiger charge is -2.23. The number of morpholine rings is 1. The summed E-state index contributed by atoms with van der Waals surface area (Å²) in [6.45, 7) is 4.45. The number of nitriles is 1. The Morgan fingerprint density at radius 2 is 1.90 bits per heavy atom. The summed E-state index contributed by atoms with van der Waals surface area (Å²) in [6.07, 6.45) is 0. The van der Waals surface area contributed by atoms with Crippen molar-refractivity contribution in [3.63, 3.8) is 0 Å². The van der Waals surface area contributed by atoms with Crippen LogP contribution < -0.4 is 9.62 Å². The van der Waals surface area contributed by atoms with Crippen molar-refractivity contribution in [3.05, 3.63) is 29.8 Å². The number of nitrogens with zero attached hydrogens (tertiary/aromatic N) is 1. The molecule has 0 radical (unpaired) electrons. The van der Waals surface area contributed by atoms with Crippen LogP contribution >= 0.6 is 0 Å². The minimum atomic E-state index is -3.49. The number of sulfonamides is 1. The Bertz CT molecular complexity index is 572. The highest BCUT2D eigenvalue weighted by Gasteiger charge is 2.17. The molecule has 1 fully saturated rings. The summed E-state index contributed by atoms with van der Waals surface area (Å²) in [5.74, 6) is 0. The molecule has 1 heterocycles. The molecule has 0 unspecified atom stereocenters. The maximum absolute atomic E-state index is 12.0. The molecule has 1 saturated heterocycles. The topological polar surface area (TPSA) is 83.6 Å². The lowest BCUT2D eigenvalue weighted by Crippen LogP contribution is -3.14. The van der Waals surface area contributed by atoms with E-state index < -0.39 is 10.0 Å². The third-order valence-electron chi connectivity index (χ3n) is 3.26. The van der Waals surface area contributed by atoms with E-state index >= 15 is 0 Å². The van der Waals surface area contributed by atoms with E-state index in [9.17, 15) is 8.42 Å². The van der Waals surface area contributed by atoms with Crippen LogP contribution in [0.5, 0.6) is 0 Å². The quantitative estimate of drug-likeness (QED) is 0.711. The van der Waals surface area contributed by atoms with Crippen molar-refractivity contribution in [3.8, 4) is 6.07 Å². The fourth-order valence-corrected chi connectivity index (χ4v) is 3.10. The third kappa shape index (κ3) is 4.02. The van der Waals surface area contributed by atoms with Crippen LogP contribution in [0.2, 0.25) is 0 Å². The SMILES string of the molecule is N#Cc1ccc(S(=O)(=O)NCC[NH+]2CCOCC2)cc1. The summed E-state index contributed by atoms with van der Waals surface area (Å²) in [4.78, 5) is 1.53. The van der Waals surface area contributed by atoms with E-state index in [1.54, 1.807) is 0 Å². The summed E-state index contributed by atoms with van der Waals surface area (Å²) >= 11 is 0. The molecule has 0 aliphatic carbocycles. The molecule has 0 atom stereocenters. The van der Waals surface area contributed by atoms with E-state index in [-0.39, 0.29) is 4.90 Å². The molecule has 0 saturated carbocycles. The summed E-state index contributed by atoms with van der Waals surface area (Å²) in [5, 5.41) is 8.69. The second-order valence-electron chi connectivity index (χ2n) is 4.65. The van der Waals surface area contributed by atoms with Crippen LogP contribution in [0, 0.1) is 11.3 Å². The van der Waals surface area contributed by atoms with Crippen LogP contribution in [0.3, 0.4) is 0 Å². The first-order chi connectivity index (χ1) is 9.62. The standard InChI is InChI=1S/C13H17N3O3S/c14-11-12-1-3-13(4-2-12)20(17,18)15-5-6-16-7-9-19-10-8-16/h1-4,15H,5-10H2/p+1. The Morgan fingerprint density at radius 1 is 1.25 bits per heavy atom.